The molecule has 0 radical (unpaired) electrons. The van der Waals surface area contributed by atoms with Gasteiger partial charge in [-0.3, -0.25) is 14.5 Å². The summed E-state index contributed by atoms with van der Waals surface area (Å²) in [7, 11) is 0. The van der Waals surface area contributed by atoms with E-state index in [0.29, 0.717) is 13.1 Å². The Morgan fingerprint density at radius 2 is 1.70 bits per heavy atom. The maximum absolute atomic E-state index is 13.1. The first-order chi connectivity index (χ1) is 14.6. The Balaban J connectivity index is 1.26. The van der Waals surface area contributed by atoms with E-state index in [2.05, 4.69) is 4.90 Å². The summed E-state index contributed by atoms with van der Waals surface area (Å²) in [6, 6.07) is 10.4. The average Bonchev–Trinajstić information content (AvgIpc) is 3.21. The number of piperidine rings is 1. The fraction of sp³-hybridized carbons (Fsp3) is 0.478. The number of hydrogen-bond acceptors (Lipinski definition) is 4. The zero-order valence-corrected chi connectivity index (χ0v) is 18.0. The van der Waals surface area contributed by atoms with Crippen LogP contribution in [-0.4, -0.2) is 65.8 Å². The highest BCUT2D eigenvalue weighted by Crippen LogP contribution is 2.23. The van der Waals surface area contributed by atoms with Crippen LogP contribution in [-0.2, 0) is 11.3 Å². The van der Waals surface area contributed by atoms with Gasteiger partial charge in [0.1, 0.15) is 5.82 Å². The Labute approximate surface area is 181 Å². The number of likely N-dealkylation sites (tertiary alicyclic amines) is 1. The normalized spacial score (nSPS) is 19.0. The number of carbonyl (C=O) groups is 2. The number of benzene rings is 1. The molecule has 4 rings (SSSR count). The zero-order valence-electron chi connectivity index (χ0n) is 17.1. The molecule has 0 atom stereocenters. The third-order valence-electron chi connectivity index (χ3n) is 6.08. The molecule has 0 unspecified atom stereocenters. The Morgan fingerprint density at radius 3 is 2.40 bits per heavy atom. The number of thiophene rings is 1. The molecular weight excluding hydrogens is 401 g/mol. The Bertz CT molecular complexity index is 848. The largest absolute Gasteiger partial charge is 0.341 e. The van der Waals surface area contributed by atoms with E-state index in [0.717, 1.165) is 62.4 Å². The molecule has 3 heterocycles. The molecule has 2 aromatic rings. The van der Waals surface area contributed by atoms with Crippen molar-refractivity contribution in [1.82, 2.24) is 14.7 Å². The minimum absolute atomic E-state index is 0.0148. The highest BCUT2D eigenvalue weighted by Gasteiger charge is 2.31. The highest BCUT2D eigenvalue weighted by molar-refractivity contribution is 7.12. The summed E-state index contributed by atoms with van der Waals surface area (Å²) in [6.07, 6.45) is 2.43. The average molecular weight is 430 g/mol. The molecule has 0 aliphatic carbocycles. The maximum Gasteiger partial charge on any atom is 0.263 e. The number of halogens is 1. The summed E-state index contributed by atoms with van der Waals surface area (Å²) in [6.45, 7) is 5.37. The number of nitrogens with zero attached hydrogens (tertiary/aromatic N) is 3. The SMILES string of the molecule is O=C(c1cccs1)N1CCC(C(=O)N2CCCN(Cc3ccc(F)cc3)CC2)CC1. The van der Waals surface area contributed by atoms with Crippen molar-refractivity contribution in [2.75, 3.05) is 39.3 Å². The molecule has 1 aromatic carbocycles. The van der Waals surface area contributed by atoms with Crippen molar-refractivity contribution in [2.24, 2.45) is 5.92 Å². The monoisotopic (exact) mass is 429 g/mol. The Kier molecular flexibility index (Phi) is 6.79. The van der Waals surface area contributed by atoms with E-state index in [9.17, 15) is 14.0 Å². The van der Waals surface area contributed by atoms with E-state index in [1.54, 1.807) is 0 Å². The summed E-state index contributed by atoms with van der Waals surface area (Å²) in [5, 5.41) is 1.92. The minimum Gasteiger partial charge on any atom is -0.341 e. The second kappa shape index (κ2) is 9.71. The lowest BCUT2D eigenvalue weighted by molar-refractivity contribution is -0.136. The lowest BCUT2D eigenvalue weighted by Crippen LogP contribution is -2.45. The van der Waals surface area contributed by atoms with Crippen LogP contribution in [0.4, 0.5) is 4.39 Å². The van der Waals surface area contributed by atoms with Gasteiger partial charge < -0.3 is 9.80 Å². The molecule has 2 amide bonds. The molecule has 2 aliphatic rings. The van der Waals surface area contributed by atoms with E-state index in [4.69, 9.17) is 0 Å². The van der Waals surface area contributed by atoms with Gasteiger partial charge in [-0.05, 0) is 48.4 Å². The van der Waals surface area contributed by atoms with E-state index < -0.39 is 0 Å². The molecule has 1 aromatic heterocycles. The standard InChI is InChI=1S/C23H28FN3O2S/c24-20-6-4-18(5-7-20)17-25-10-2-11-26(15-14-25)22(28)19-8-12-27(13-9-19)23(29)21-3-1-16-30-21/h1,3-7,16,19H,2,8-15,17H2. The first-order valence-corrected chi connectivity index (χ1v) is 11.6. The molecule has 0 spiro atoms. The first-order valence-electron chi connectivity index (χ1n) is 10.7. The summed E-state index contributed by atoms with van der Waals surface area (Å²) in [5.41, 5.74) is 1.10. The number of amides is 2. The van der Waals surface area contributed by atoms with Gasteiger partial charge in [0.25, 0.3) is 5.91 Å². The van der Waals surface area contributed by atoms with Gasteiger partial charge >= 0.3 is 0 Å². The number of hydrogen-bond donors (Lipinski definition) is 0. The van der Waals surface area contributed by atoms with Crippen LogP contribution in [0.15, 0.2) is 41.8 Å². The molecule has 160 valence electrons. The second-order valence-electron chi connectivity index (χ2n) is 8.13. The highest BCUT2D eigenvalue weighted by atomic mass is 32.1. The summed E-state index contributed by atoms with van der Waals surface area (Å²) in [5.74, 6) is 0.125. The third-order valence-corrected chi connectivity index (χ3v) is 6.94. The van der Waals surface area contributed by atoms with Gasteiger partial charge in [-0.25, -0.2) is 4.39 Å². The van der Waals surface area contributed by atoms with Crippen LogP contribution in [0.25, 0.3) is 0 Å². The summed E-state index contributed by atoms with van der Waals surface area (Å²) < 4.78 is 13.1. The fourth-order valence-corrected chi connectivity index (χ4v) is 5.03. The van der Waals surface area contributed by atoms with E-state index in [-0.39, 0.29) is 23.5 Å². The lowest BCUT2D eigenvalue weighted by Gasteiger charge is -2.34. The fourth-order valence-electron chi connectivity index (χ4n) is 4.34. The molecule has 7 heteroatoms. The first kappa shape index (κ1) is 21.0. The minimum atomic E-state index is -0.213. The molecule has 30 heavy (non-hydrogen) atoms. The van der Waals surface area contributed by atoms with Gasteiger partial charge in [-0.2, -0.15) is 0 Å². The number of rotatable bonds is 4. The van der Waals surface area contributed by atoms with Crippen LogP contribution in [0.1, 0.15) is 34.5 Å². The molecule has 2 fully saturated rings. The predicted octanol–water partition coefficient (Wildman–Crippen LogP) is 3.47. The predicted molar refractivity (Wildman–Crippen MR) is 116 cm³/mol. The van der Waals surface area contributed by atoms with Gasteiger partial charge in [0.05, 0.1) is 4.88 Å². The smallest absolute Gasteiger partial charge is 0.263 e. The van der Waals surface area contributed by atoms with E-state index in [1.165, 1.54) is 23.5 Å². The quantitative estimate of drug-likeness (QED) is 0.748. The molecule has 5 nitrogen and oxygen atoms in total. The van der Waals surface area contributed by atoms with E-state index >= 15 is 0 Å². The second-order valence-corrected chi connectivity index (χ2v) is 9.07. The van der Waals surface area contributed by atoms with Crippen LogP contribution in [0.5, 0.6) is 0 Å². The maximum atomic E-state index is 13.1. The van der Waals surface area contributed by atoms with E-state index in [1.807, 2.05) is 39.4 Å². The van der Waals surface area contributed by atoms with Gasteiger partial charge in [-0.1, -0.05) is 18.2 Å². The van der Waals surface area contributed by atoms with Crippen molar-refractivity contribution in [1.29, 1.82) is 0 Å². The molecule has 0 N–H and O–H groups in total. The Morgan fingerprint density at radius 1 is 0.933 bits per heavy atom. The van der Waals surface area contributed by atoms with Crippen LogP contribution in [0, 0.1) is 11.7 Å². The summed E-state index contributed by atoms with van der Waals surface area (Å²) in [4.78, 5) is 32.6. The van der Waals surface area contributed by atoms with Gasteiger partial charge in [0, 0.05) is 51.7 Å². The third kappa shape index (κ3) is 5.08. The van der Waals surface area contributed by atoms with Crippen LogP contribution in [0.2, 0.25) is 0 Å². The van der Waals surface area contributed by atoms with Gasteiger partial charge in [0.15, 0.2) is 0 Å². The van der Waals surface area contributed by atoms with Crippen molar-refractivity contribution >= 4 is 23.2 Å². The Hall–Kier alpha value is -2.25. The van der Waals surface area contributed by atoms with Crippen molar-refractivity contribution in [3.63, 3.8) is 0 Å². The molecule has 0 bridgehead atoms. The zero-order chi connectivity index (χ0) is 20.9. The molecular formula is C23H28FN3O2S. The van der Waals surface area contributed by atoms with Crippen molar-refractivity contribution in [3.05, 3.63) is 58.0 Å². The van der Waals surface area contributed by atoms with Crippen molar-refractivity contribution in [2.45, 2.75) is 25.8 Å². The van der Waals surface area contributed by atoms with Gasteiger partial charge in [0.2, 0.25) is 5.91 Å². The molecule has 2 saturated heterocycles. The lowest BCUT2D eigenvalue weighted by atomic mass is 9.95. The topological polar surface area (TPSA) is 43.9 Å². The van der Waals surface area contributed by atoms with Crippen LogP contribution >= 0.6 is 11.3 Å². The number of carbonyl (C=O) groups excluding carboxylic acids is 2. The van der Waals surface area contributed by atoms with Crippen molar-refractivity contribution < 1.29 is 14.0 Å². The van der Waals surface area contributed by atoms with Gasteiger partial charge in [-0.15, -0.1) is 11.3 Å². The van der Waals surface area contributed by atoms with Crippen LogP contribution in [0.3, 0.4) is 0 Å². The van der Waals surface area contributed by atoms with Crippen LogP contribution < -0.4 is 0 Å². The summed E-state index contributed by atoms with van der Waals surface area (Å²) >= 11 is 1.47. The van der Waals surface area contributed by atoms with Crippen molar-refractivity contribution in [3.8, 4) is 0 Å². The molecule has 0 saturated carbocycles. The molecule has 2 aliphatic heterocycles.